The van der Waals surface area contributed by atoms with E-state index >= 15 is 0 Å². The van der Waals surface area contributed by atoms with Gasteiger partial charge >= 0.3 is 0 Å². The Morgan fingerprint density at radius 1 is 1.50 bits per heavy atom. The monoisotopic (exact) mass is 308 g/mol. The Bertz CT molecular complexity index is 350. The Balaban J connectivity index is 2.93. The van der Waals surface area contributed by atoms with Crippen molar-refractivity contribution in [3.63, 3.8) is 0 Å². The fraction of sp³-hybridized carbons (Fsp3) is 0.500. The normalized spacial score (nSPS) is 11.6. The molecule has 6 heteroatoms. The van der Waals surface area contributed by atoms with E-state index in [1.807, 2.05) is 6.92 Å². The van der Waals surface area contributed by atoms with Crippen LogP contribution in [0.2, 0.25) is 5.02 Å². The molecule has 3 N–H and O–H groups in total. The number of hydrogen-bond acceptors (Lipinski definition) is 4. The van der Waals surface area contributed by atoms with Gasteiger partial charge in [-0.2, -0.15) is 0 Å². The van der Waals surface area contributed by atoms with Crippen LogP contribution < -0.4 is 5.32 Å². The molecule has 0 aromatic carbocycles. The summed E-state index contributed by atoms with van der Waals surface area (Å²) in [6.07, 6.45) is 2.16. The Labute approximate surface area is 108 Å². The van der Waals surface area contributed by atoms with Crippen LogP contribution in [0, 0.1) is 0 Å². The van der Waals surface area contributed by atoms with Crippen molar-refractivity contribution >= 4 is 33.3 Å². The molecule has 0 spiro atoms. The van der Waals surface area contributed by atoms with Crippen molar-refractivity contribution in [1.82, 2.24) is 4.98 Å². The van der Waals surface area contributed by atoms with E-state index < -0.39 is 5.54 Å². The van der Waals surface area contributed by atoms with Crippen LogP contribution in [-0.2, 0) is 0 Å². The lowest BCUT2D eigenvalue weighted by molar-refractivity contribution is 0.132. The molecule has 1 rings (SSSR count). The Hall–Kier alpha value is -0.360. The molecule has 0 radical (unpaired) electrons. The predicted molar refractivity (Wildman–Crippen MR) is 67.8 cm³/mol. The highest BCUT2D eigenvalue weighted by Gasteiger charge is 2.27. The predicted octanol–water partition coefficient (Wildman–Crippen LogP) is 2.04. The Morgan fingerprint density at radius 3 is 2.56 bits per heavy atom. The lowest BCUT2D eigenvalue weighted by atomic mass is 9.98. The van der Waals surface area contributed by atoms with Crippen molar-refractivity contribution < 1.29 is 10.2 Å². The van der Waals surface area contributed by atoms with Gasteiger partial charge in [-0.15, -0.1) is 0 Å². The third kappa shape index (κ3) is 3.07. The van der Waals surface area contributed by atoms with Gasteiger partial charge in [-0.25, -0.2) is 4.98 Å². The molecule has 16 heavy (non-hydrogen) atoms. The summed E-state index contributed by atoms with van der Waals surface area (Å²) in [5.74, 6) is 0.454. The van der Waals surface area contributed by atoms with Crippen LogP contribution in [-0.4, -0.2) is 33.9 Å². The van der Waals surface area contributed by atoms with E-state index in [1.54, 1.807) is 12.3 Å². The first-order chi connectivity index (χ1) is 7.56. The van der Waals surface area contributed by atoms with Gasteiger partial charge in [0.15, 0.2) is 0 Å². The highest BCUT2D eigenvalue weighted by atomic mass is 79.9. The van der Waals surface area contributed by atoms with Crippen LogP contribution in [0.15, 0.2) is 16.7 Å². The second-order valence-corrected chi connectivity index (χ2v) is 4.88. The van der Waals surface area contributed by atoms with Gasteiger partial charge in [0, 0.05) is 10.7 Å². The first-order valence-electron chi connectivity index (χ1n) is 4.88. The fourth-order valence-electron chi connectivity index (χ4n) is 1.20. The summed E-state index contributed by atoms with van der Waals surface area (Å²) < 4.78 is 0.776. The molecule has 0 amide bonds. The summed E-state index contributed by atoms with van der Waals surface area (Å²) in [6, 6.07) is 1.70. The molecule has 0 fully saturated rings. The van der Waals surface area contributed by atoms with Crippen molar-refractivity contribution in [2.75, 3.05) is 18.5 Å². The third-order valence-electron chi connectivity index (χ3n) is 2.47. The zero-order chi connectivity index (χ0) is 12.2. The zero-order valence-corrected chi connectivity index (χ0v) is 11.2. The van der Waals surface area contributed by atoms with Crippen LogP contribution in [0.4, 0.5) is 5.82 Å². The lowest BCUT2D eigenvalue weighted by Gasteiger charge is -2.30. The van der Waals surface area contributed by atoms with Crippen molar-refractivity contribution in [2.24, 2.45) is 0 Å². The van der Waals surface area contributed by atoms with Crippen molar-refractivity contribution in [3.05, 3.63) is 21.8 Å². The second-order valence-electron chi connectivity index (χ2n) is 3.56. The molecule has 4 nitrogen and oxygen atoms in total. The van der Waals surface area contributed by atoms with Crippen LogP contribution in [0.1, 0.15) is 13.3 Å². The van der Waals surface area contributed by atoms with Gasteiger partial charge in [-0.1, -0.05) is 18.5 Å². The molecule has 90 valence electrons. The van der Waals surface area contributed by atoms with E-state index in [2.05, 4.69) is 26.2 Å². The highest BCUT2D eigenvalue weighted by molar-refractivity contribution is 9.10. The van der Waals surface area contributed by atoms with Crippen molar-refractivity contribution in [3.8, 4) is 0 Å². The minimum absolute atomic E-state index is 0.186. The molecular weight excluding hydrogens is 295 g/mol. The summed E-state index contributed by atoms with van der Waals surface area (Å²) in [7, 11) is 0. The van der Waals surface area contributed by atoms with E-state index in [4.69, 9.17) is 11.6 Å². The number of hydrogen-bond donors (Lipinski definition) is 3. The van der Waals surface area contributed by atoms with E-state index in [9.17, 15) is 10.2 Å². The number of aliphatic hydroxyl groups is 2. The molecule has 0 aliphatic carbocycles. The standard InChI is InChI=1S/C10H14BrClN2O2/c1-2-10(5-15,6-16)14-9-8(12)3-7(11)4-13-9/h3-4,15-16H,2,5-6H2,1H3,(H,13,14). The van der Waals surface area contributed by atoms with Gasteiger partial charge < -0.3 is 15.5 Å². The van der Waals surface area contributed by atoms with Gasteiger partial charge in [0.2, 0.25) is 0 Å². The summed E-state index contributed by atoms with van der Waals surface area (Å²) in [5.41, 5.74) is -0.787. The quantitative estimate of drug-likeness (QED) is 0.779. The molecular formula is C10H14BrClN2O2. The molecule has 1 aromatic rings. The minimum atomic E-state index is -0.787. The lowest BCUT2D eigenvalue weighted by Crippen LogP contribution is -2.45. The number of rotatable bonds is 5. The molecule has 0 saturated heterocycles. The average Bonchev–Trinajstić information content (AvgIpc) is 2.29. The molecule has 0 unspecified atom stereocenters. The van der Waals surface area contributed by atoms with Gasteiger partial charge in [-0.3, -0.25) is 0 Å². The molecule has 1 heterocycles. The summed E-state index contributed by atoms with van der Waals surface area (Å²) >= 11 is 9.24. The molecule has 0 aliphatic heterocycles. The second kappa shape index (κ2) is 5.82. The maximum atomic E-state index is 9.28. The molecule has 0 aliphatic rings. The van der Waals surface area contributed by atoms with Gasteiger partial charge in [-0.05, 0) is 28.4 Å². The van der Waals surface area contributed by atoms with Crippen molar-refractivity contribution in [2.45, 2.75) is 18.9 Å². The first-order valence-corrected chi connectivity index (χ1v) is 6.05. The smallest absolute Gasteiger partial charge is 0.145 e. The topological polar surface area (TPSA) is 65.4 Å². The SMILES string of the molecule is CCC(CO)(CO)Nc1ncc(Br)cc1Cl. The maximum absolute atomic E-state index is 9.28. The van der Waals surface area contributed by atoms with E-state index in [-0.39, 0.29) is 13.2 Å². The Morgan fingerprint density at radius 2 is 2.12 bits per heavy atom. The van der Waals surface area contributed by atoms with Crippen molar-refractivity contribution in [1.29, 1.82) is 0 Å². The van der Waals surface area contributed by atoms with Crippen LogP contribution in [0.5, 0.6) is 0 Å². The number of nitrogens with one attached hydrogen (secondary N) is 1. The minimum Gasteiger partial charge on any atom is -0.394 e. The van der Waals surface area contributed by atoms with E-state index in [1.165, 1.54) is 0 Å². The number of nitrogens with zero attached hydrogens (tertiary/aromatic N) is 1. The van der Waals surface area contributed by atoms with Crippen LogP contribution in [0.25, 0.3) is 0 Å². The molecule has 1 aromatic heterocycles. The highest BCUT2D eigenvalue weighted by Crippen LogP contribution is 2.26. The third-order valence-corrected chi connectivity index (χ3v) is 3.20. The van der Waals surface area contributed by atoms with Gasteiger partial charge in [0.25, 0.3) is 0 Å². The Kier molecular flexibility index (Phi) is 4.98. The molecule has 0 saturated carbocycles. The number of pyridine rings is 1. The number of anilines is 1. The maximum Gasteiger partial charge on any atom is 0.145 e. The summed E-state index contributed by atoms with van der Waals surface area (Å²) in [6.45, 7) is 1.49. The molecule has 0 bridgehead atoms. The van der Waals surface area contributed by atoms with E-state index in [0.29, 0.717) is 17.3 Å². The number of aliphatic hydroxyl groups excluding tert-OH is 2. The van der Waals surface area contributed by atoms with Gasteiger partial charge in [0.1, 0.15) is 5.82 Å². The van der Waals surface area contributed by atoms with Crippen LogP contribution >= 0.6 is 27.5 Å². The zero-order valence-electron chi connectivity index (χ0n) is 8.87. The fourth-order valence-corrected chi connectivity index (χ4v) is 1.88. The van der Waals surface area contributed by atoms with E-state index in [0.717, 1.165) is 4.47 Å². The summed E-state index contributed by atoms with van der Waals surface area (Å²) in [4.78, 5) is 4.09. The largest absolute Gasteiger partial charge is 0.394 e. The number of halogens is 2. The first kappa shape index (κ1) is 13.7. The summed E-state index contributed by atoms with van der Waals surface area (Å²) in [5, 5.41) is 22.0. The van der Waals surface area contributed by atoms with Gasteiger partial charge in [0.05, 0.1) is 23.8 Å². The average molecular weight is 310 g/mol. The number of aromatic nitrogens is 1. The molecule has 0 atom stereocenters. The van der Waals surface area contributed by atoms with Crippen LogP contribution in [0.3, 0.4) is 0 Å².